The molecule has 0 amide bonds. The highest BCUT2D eigenvalue weighted by atomic mass is 32.3. The zero-order valence-corrected chi connectivity index (χ0v) is 32.1. The highest BCUT2D eigenvalue weighted by Gasteiger charge is 2.56. The van der Waals surface area contributed by atoms with Gasteiger partial charge in [0.15, 0.2) is 0 Å². The van der Waals surface area contributed by atoms with E-state index in [2.05, 4.69) is 25.6 Å². The number of hydrogen-bond acceptors (Lipinski definition) is 7. The molecule has 8 nitrogen and oxygen atoms in total. The third-order valence-corrected chi connectivity index (χ3v) is 12.6. The van der Waals surface area contributed by atoms with Gasteiger partial charge in [-0.15, -0.1) is 0 Å². The van der Waals surface area contributed by atoms with E-state index in [0.29, 0.717) is 25.5 Å². The fourth-order valence-electron chi connectivity index (χ4n) is 5.85. The number of aliphatic hydroxyl groups is 1. The van der Waals surface area contributed by atoms with Crippen LogP contribution in [0.1, 0.15) is 119 Å². The molecular formula is C35H54F3NO7S2. The van der Waals surface area contributed by atoms with Gasteiger partial charge in [0, 0.05) is 9.29 Å². The van der Waals surface area contributed by atoms with E-state index >= 15 is 0 Å². The molecule has 0 saturated heterocycles. The van der Waals surface area contributed by atoms with Crippen molar-refractivity contribution in [2.24, 2.45) is 16.2 Å². The summed E-state index contributed by atoms with van der Waals surface area (Å²) in [4.78, 5) is 3.53. The molecule has 3 unspecified atom stereocenters. The van der Waals surface area contributed by atoms with E-state index in [0.717, 1.165) is 23.4 Å². The lowest BCUT2D eigenvalue weighted by atomic mass is 9.57. The molecule has 274 valence electrons. The van der Waals surface area contributed by atoms with E-state index < -0.39 is 45.3 Å². The first-order chi connectivity index (χ1) is 21.3. The predicted octanol–water partition coefficient (Wildman–Crippen LogP) is 8.78. The topological polar surface area (TPSA) is 110 Å². The smallest absolute Gasteiger partial charge is 0.488 e. The van der Waals surface area contributed by atoms with Gasteiger partial charge in [-0.3, -0.25) is 4.84 Å². The van der Waals surface area contributed by atoms with Crippen molar-refractivity contribution >= 4 is 20.0 Å². The molecule has 2 rings (SSSR count). The first-order valence-electron chi connectivity index (χ1n) is 15.8. The van der Waals surface area contributed by atoms with Crippen LogP contribution in [0.2, 0.25) is 0 Å². The Hall–Kier alpha value is -2.19. The average Bonchev–Trinajstić information content (AvgIpc) is 2.88. The lowest BCUT2D eigenvalue weighted by Crippen LogP contribution is -2.48. The second kappa shape index (κ2) is 13.8. The Balaban J connectivity index is 2.59. The van der Waals surface area contributed by atoms with Crippen LogP contribution in [0, 0.1) is 16.2 Å². The molecule has 0 spiro atoms. The van der Waals surface area contributed by atoms with Crippen LogP contribution in [-0.4, -0.2) is 49.6 Å². The maximum Gasteiger partial charge on any atom is 0.514 e. The molecule has 0 bridgehead atoms. The number of ether oxygens (including phenoxy) is 1. The van der Waals surface area contributed by atoms with Gasteiger partial charge in [0.2, 0.25) is 0 Å². The van der Waals surface area contributed by atoms with Crippen molar-refractivity contribution in [1.29, 1.82) is 0 Å². The minimum atomic E-state index is -6.36. The van der Waals surface area contributed by atoms with E-state index in [4.69, 9.17) is 4.74 Å². The van der Waals surface area contributed by atoms with E-state index in [1.165, 1.54) is 12.1 Å². The zero-order valence-electron chi connectivity index (χ0n) is 30.5. The van der Waals surface area contributed by atoms with E-state index in [9.17, 15) is 35.1 Å². The Kier molecular flexibility index (Phi) is 12.1. The third-order valence-electron chi connectivity index (χ3n) is 8.84. The van der Waals surface area contributed by atoms with Gasteiger partial charge in [-0.25, -0.2) is 8.42 Å². The molecule has 0 aliphatic carbocycles. The molecular weight excluding hydrogens is 668 g/mol. The summed E-state index contributed by atoms with van der Waals surface area (Å²) < 4.78 is 94.7. The van der Waals surface area contributed by atoms with Crippen LogP contribution in [0.25, 0.3) is 0 Å². The van der Waals surface area contributed by atoms with Crippen molar-refractivity contribution in [1.82, 2.24) is 3.87 Å². The first kappa shape index (κ1) is 42.0. The number of sulfonamides is 2. The molecule has 2 aromatic carbocycles. The molecule has 0 radical (unpaired) electrons. The summed E-state index contributed by atoms with van der Waals surface area (Å²) in [5.74, 6) is 0.310. The second-order valence-electron chi connectivity index (χ2n) is 16.6. The normalized spacial score (nSPS) is 16.8. The van der Waals surface area contributed by atoms with Crippen molar-refractivity contribution in [3.8, 4) is 5.75 Å². The summed E-state index contributed by atoms with van der Waals surface area (Å²) in [6.07, 6.45) is 0.947. The van der Waals surface area contributed by atoms with Crippen LogP contribution in [0.5, 0.6) is 5.75 Å². The quantitative estimate of drug-likeness (QED) is 0.218. The highest BCUT2D eigenvalue weighted by Crippen LogP contribution is 2.54. The molecule has 3 atom stereocenters. The van der Waals surface area contributed by atoms with E-state index in [1.54, 1.807) is 6.92 Å². The molecule has 0 heterocycles. The highest BCUT2D eigenvalue weighted by molar-refractivity contribution is 8.04. The molecule has 2 aromatic rings. The van der Waals surface area contributed by atoms with Crippen LogP contribution in [0.15, 0.2) is 53.4 Å². The summed E-state index contributed by atoms with van der Waals surface area (Å²) >= 11 is 0. The van der Waals surface area contributed by atoms with Crippen molar-refractivity contribution in [2.45, 2.75) is 129 Å². The standard InChI is InChI=1S/C35H54F3NO7S2/c1-30(2,3)22-29(25-16-20-27(21-17-25)47(41,42)39(45-13)48(43,44)35(36,37)38)33(10,11)34(12,40)23-28(31(4,5)6)24-14-18-26(19-15-24)46-32(7,8)9/h14-21,28-29,40H,22-23H2,1-13H3. The lowest BCUT2D eigenvalue weighted by molar-refractivity contribution is -0.0878. The predicted molar refractivity (Wildman–Crippen MR) is 182 cm³/mol. The second-order valence-corrected chi connectivity index (χ2v) is 20.3. The molecule has 1 N–H and O–H groups in total. The summed E-state index contributed by atoms with van der Waals surface area (Å²) in [7, 11) is -11.1. The maximum atomic E-state index is 13.2. The Morgan fingerprint density at radius 2 is 1.15 bits per heavy atom. The summed E-state index contributed by atoms with van der Waals surface area (Å²) in [5, 5.41) is 12.4. The molecule has 0 aliphatic rings. The third kappa shape index (κ3) is 9.74. The summed E-state index contributed by atoms with van der Waals surface area (Å²) in [6, 6.07) is 12.9. The fraction of sp³-hybridized carbons (Fsp3) is 0.657. The monoisotopic (exact) mass is 721 g/mol. The van der Waals surface area contributed by atoms with Gasteiger partial charge in [0.05, 0.1) is 17.6 Å². The van der Waals surface area contributed by atoms with Crippen molar-refractivity contribution in [3.63, 3.8) is 0 Å². The Labute approximate surface area is 286 Å². The van der Waals surface area contributed by atoms with E-state index in [-0.39, 0.29) is 28.3 Å². The number of hydrogen-bond donors (Lipinski definition) is 1. The number of rotatable bonds is 12. The Morgan fingerprint density at radius 3 is 1.52 bits per heavy atom. The summed E-state index contributed by atoms with van der Waals surface area (Å²) in [6.45, 7) is 24.1. The minimum absolute atomic E-state index is 0.0751. The van der Waals surface area contributed by atoms with Crippen LogP contribution in [0.4, 0.5) is 13.2 Å². The molecule has 0 aliphatic heterocycles. The molecule has 13 heteroatoms. The zero-order chi connectivity index (χ0) is 37.5. The first-order valence-corrected chi connectivity index (χ1v) is 18.7. The maximum absolute atomic E-state index is 13.2. The van der Waals surface area contributed by atoms with E-state index in [1.807, 2.05) is 79.7 Å². The van der Waals surface area contributed by atoms with Gasteiger partial charge in [-0.2, -0.15) is 21.6 Å². The van der Waals surface area contributed by atoms with Gasteiger partial charge in [-0.05, 0) is 98.6 Å². The molecule has 0 aromatic heterocycles. The summed E-state index contributed by atoms with van der Waals surface area (Å²) in [5.41, 5.74) is -7.18. The number of alkyl halides is 3. The van der Waals surface area contributed by atoms with Crippen molar-refractivity contribution < 1.29 is 44.7 Å². The van der Waals surface area contributed by atoms with Crippen molar-refractivity contribution in [2.75, 3.05) is 7.11 Å². The molecule has 0 fully saturated rings. The Morgan fingerprint density at radius 1 is 0.708 bits per heavy atom. The number of nitrogens with zero attached hydrogens (tertiary/aromatic N) is 1. The van der Waals surface area contributed by atoms with Crippen molar-refractivity contribution in [3.05, 3.63) is 59.7 Å². The number of benzene rings is 2. The van der Waals surface area contributed by atoms with Crippen LogP contribution in [-0.2, 0) is 24.9 Å². The Bertz CT molecular complexity index is 1600. The van der Waals surface area contributed by atoms with Crippen LogP contribution >= 0.6 is 0 Å². The number of halogens is 3. The fourth-order valence-corrected chi connectivity index (χ4v) is 8.61. The lowest BCUT2D eigenvalue weighted by Gasteiger charge is -2.50. The largest absolute Gasteiger partial charge is 0.514 e. The van der Waals surface area contributed by atoms with Gasteiger partial charge in [0.1, 0.15) is 11.4 Å². The van der Waals surface area contributed by atoms with Gasteiger partial charge in [0.25, 0.3) is 10.0 Å². The van der Waals surface area contributed by atoms with Crippen LogP contribution < -0.4 is 4.74 Å². The van der Waals surface area contributed by atoms with Gasteiger partial charge in [-0.1, -0.05) is 79.7 Å². The molecule has 48 heavy (non-hydrogen) atoms. The minimum Gasteiger partial charge on any atom is -0.488 e. The van der Waals surface area contributed by atoms with Gasteiger partial charge >= 0.3 is 15.5 Å². The van der Waals surface area contributed by atoms with Gasteiger partial charge < -0.3 is 9.84 Å². The van der Waals surface area contributed by atoms with Crippen LogP contribution in [0.3, 0.4) is 0 Å². The SMILES string of the molecule is CON(S(=O)(=O)c1ccc(C(CC(C)(C)C)C(C)(C)C(C)(O)CC(c2ccc(OC(C)(C)C)cc2)C(C)(C)C)cc1)S(=O)(=O)C(F)(F)F. The molecule has 0 saturated carbocycles. The average molecular weight is 722 g/mol.